The van der Waals surface area contributed by atoms with Crippen molar-refractivity contribution in [2.75, 3.05) is 13.2 Å². The summed E-state index contributed by atoms with van der Waals surface area (Å²) >= 11 is 0. The van der Waals surface area contributed by atoms with Crippen molar-refractivity contribution in [2.24, 2.45) is 11.3 Å². The zero-order chi connectivity index (χ0) is 11.3. The second kappa shape index (κ2) is 5.64. The number of hydrogen-bond donors (Lipinski definition) is 0. The zero-order valence-corrected chi connectivity index (χ0v) is 10.3. The Morgan fingerprint density at radius 1 is 1.27 bits per heavy atom. The highest BCUT2D eigenvalue weighted by Crippen LogP contribution is 2.25. The maximum atomic E-state index is 11.5. The van der Waals surface area contributed by atoms with E-state index in [1.807, 2.05) is 0 Å². The third kappa shape index (κ3) is 5.93. The Labute approximate surface area is 93.4 Å². The van der Waals surface area contributed by atoms with Gasteiger partial charge >= 0.3 is 0 Å². The van der Waals surface area contributed by atoms with Gasteiger partial charge in [0.1, 0.15) is 6.61 Å². The van der Waals surface area contributed by atoms with Gasteiger partial charge in [-0.3, -0.25) is 4.79 Å². The molecule has 1 aliphatic carbocycles. The highest BCUT2D eigenvalue weighted by molar-refractivity contribution is 5.80. The molecule has 0 heterocycles. The first-order valence-corrected chi connectivity index (χ1v) is 6.07. The summed E-state index contributed by atoms with van der Waals surface area (Å²) in [5, 5.41) is 0. The fraction of sp³-hybridized carbons (Fsp3) is 0.923. The van der Waals surface area contributed by atoms with Crippen LogP contribution < -0.4 is 0 Å². The molecule has 0 atom stereocenters. The number of Topliss-reactive ketones (excluding diaryl/α,β-unsaturated/α-hetero) is 1. The molecule has 1 saturated carbocycles. The molecule has 1 rings (SSSR count). The van der Waals surface area contributed by atoms with E-state index in [0.717, 1.165) is 6.61 Å². The van der Waals surface area contributed by atoms with Crippen molar-refractivity contribution in [3.63, 3.8) is 0 Å². The van der Waals surface area contributed by atoms with Crippen molar-refractivity contribution in [3.8, 4) is 0 Å². The summed E-state index contributed by atoms with van der Waals surface area (Å²) in [6.07, 6.45) is 5.87. The second-order valence-electron chi connectivity index (χ2n) is 5.94. The first kappa shape index (κ1) is 12.7. The summed E-state index contributed by atoms with van der Waals surface area (Å²) in [6.45, 7) is 7.36. The number of ketones is 1. The molecule has 0 saturated heterocycles. The van der Waals surface area contributed by atoms with Crippen LogP contribution in [0, 0.1) is 11.3 Å². The largest absolute Gasteiger partial charge is 0.373 e. The van der Waals surface area contributed by atoms with E-state index in [9.17, 15) is 4.79 Å². The lowest BCUT2D eigenvalue weighted by Crippen LogP contribution is -2.19. The third-order valence-corrected chi connectivity index (χ3v) is 2.82. The summed E-state index contributed by atoms with van der Waals surface area (Å²) in [4.78, 5) is 11.5. The molecule has 1 fully saturated rings. The third-order valence-electron chi connectivity index (χ3n) is 2.82. The average Bonchev–Trinajstić information content (AvgIpc) is 2.53. The molecule has 0 bridgehead atoms. The van der Waals surface area contributed by atoms with Crippen molar-refractivity contribution in [1.82, 2.24) is 0 Å². The molecule has 0 N–H and O–H groups in total. The van der Waals surface area contributed by atoms with Crippen LogP contribution in [-0.2, 0) is 9.53 Å². The van der Waals surface area contributed by atoms with Crippen LogP contribution in [0.3, 0.4) is 0 Å². The lowest BCUT2D eigenvalue weighted by Gasteiger charge is -2.17. The monoisotopic (exact) mass is 212 g/mol. The van der Waals surface area contributed by atoms with Gasteiger partial charge in [-0.1, -0.05) is 33.6 Å². The van der Waals surface area contributed by atoms with Crippen LogP contribution in [0.1, 0.15) is 52.9 Å². The molecule has 0 aromatic heterocycles. The molecule has 0 aromatic rings. The Hall–Kier alpha value is -0.370. The van der Waals surface area contributed by atoms with E-state index in [2.05, 4.69) is 20.8 Å². The minimum absolute atomic E-state index is 0.0911. The number of rotatable bonds is 5. The predicted molar refractivity (Wildman–Crippen MR) is 61.9 cm³/mol. The maximum absolute atomic E-state index is 11.5. The minimum atomic E-state index is 0.0911. The molecule has 0 aromatic carbocycles. The Bertz CT molecular complexity index is 197. The Morgan fingerprint density at radius 3 is 2.40 bits per heavy atom. The summed E-state index contributed by atoms with van der Waals surface area (Å²) in [5.41, 5.74) is 0.0911. The molecular weight excluding hydrogens is 188 g/mol. The van der Waals surface area contributed by atoms with Gasteiger partial charge in [0.25, 0.3) is 0 Å². The number of carbonyl (C=O) groups is 1. The van der Waals surface area contributed by atoms with Crippen molar-refractivity contribution in [2.45, 2.75) is 52.9 Å². The predicted octanol–water partition coefficient (Wildman–Crippen LogP) is 3.20. The summed E-state index contributed by atoms with van der Waals surface area (Å²) in [7, 11) is 0. The van der Waals surface area contributed by atoms with Gasteiger partial charge in [-0.15, -0.1) is 0 Å². The smallest absolute Gasteiger partial charge is 0.158 e. The fourth-order valence-corrected chi connectivity index (χ4v) is 2.16. The highest BCUT2D eigenvalue weighted by Gasteiger charge is 2.18. The minimum Gasteiger partial charge on any atom is -0.373 e. The quantitative estimate of drug-likeness (QED) is 0.699. The molecule has 0 aliphatic heterocycles. The Kier molecular flexibility index (Phi) is 4.78. The van der Waals surface area contributed by atoms with Gasteiger partial charge in [-0.05, 0) is 24.2 Å². The maximum Gasteiger partial charge on any atom is 0.158 e. The molecule has 0 spiro atoms. The molecular formula is C13H24O2. The van der Waals surface area contributed by atoms with Crippen LogP contribution in [0.4, 0.5) is 0 Å². The molecule has 2 nitrogen and oxygen atoms in total. The fourth-order valence-electron chi connectivity index (χ4n) is 2.16. The number of ether oxygens (including phenoxy) is 1. The van der Waals surface area contributed by atoms with E-state index in [-0.39, 0.29) is 11.2 Å². The van der Waals surface area contributed by atoms with Crippen molar-refractivity contribution in [3.05, 3.63) is 0 Å². The van der Waals surface area contributed by atoms with E-state index in [1.54, 1.807) is 0 Å². The van der Waals surface area contributed by atoms with Crippen LogP contribution >= 0.6 is 0 Å². The standard InChI is InChI=1S/C13H24O2/c1-13(2,3)8-12(14)10-15-9-11-6-4-5-7-11/h11H,4-10H2,1-3H3. The molecule has 15 heavy (non-hydrogen) atoms. The van der Waals surface area contributed by atoms with Gasteiger partial charge in [0.15, 0.2) is 5.78 Å². The normalized spacial score (nSPS) is 18.3. The molecule has 0 radical (unpaired) electrons. The van der Waals surface area contributed by atoms with E-state index in [0.29, 0.717) is 18.9 Å². The molecule has 1 aliphatic rings. The van der Waals surface area contributed by atoms with Crippen molar-refractivity contribution < 1.29 is 9.53 Å². The Morgan fingerprint density at radius 2 is 1.87 bits per heavy atom. The SMILES string of the molecule is CC(C)(C)CC(=O)COCC1CCCC1. The van der Waals surface area contributed by atoms with Gasteiger partial charge in [0.05, 0.1) is 0 Å². The summed E-state index contributed by atoms with van der Waals surface area (Å²) in [5.74, 6) is 0.952. The first-order valence-electron chi connectivity index (χ1n) is 6.07. The second-order valence-corrected chi connectivity index (χ2v) is 5.94. The van der Waals surface area contributed by atoms with Gasteiger partial charge in [0.2, 0.25) is 0 Å². The van der Waals surface area contributed by atoms with E-state index >= 15 is 0 Å². The molecule has 0 unspecified atom stereocenters. The van der Waals surface area contributed by atoms with E-state index in [1.165, 1.54) is 25.7 Å². The zero-order valence-electron chi connectivity index (χ0n) is 10.3. The lowest BCUT2D eigenvalue weighted by atomic mass is 9.90. The molecule has 2 heteroatoms. The first-order chi connectivity index (χ1) is 6.97. The number of carbonyl (C=O) groups excluding carboxylic acids is 1. The molecule has 88 valence electrons. The van der Waals surface area contributed by atoms with Crippen LogP contribution in [0.2, 0.25) is 0 Å². The lowest BCUT2D eigenvalue weighted by molar-refractivity contribution is -0.125. The van der Waals surface area contributed by atoms with Crippen LogP contribution in [-0.4, -0.2) is 19.0 Å². The van der Waals surface area contributed by atoms with Gasteiger partial charge in [-0.2, -0.15) is 0 Å². The van der Waals surface area contributed by atoms with Crippen LogP contribution in [0.5, 0.6) is 0 Å². The topological polar surface area (TPSA) is 26.3 Å². The van der Waals surface area contributed by atoms with Crippen LogP contribution in [0.15, 0.2) is 0 Å². The van der Waals surface area contributed by atoms with Gasteiger partial charge < -0.3 is 4.74 Å². The Balaban J connectivity index is 2.06. The summed E-state index contributed by atoms with van der Waals surface area (Å²) < 4.78 is 5.48. The van der Waals surface area contributed by atoms with Crippen LogP contribution in [0.25, 0.3) is 0 Å². The van der Waals surface area contributed by atoms with Crippen molar-refractivity contribution >= 4 is 5.78 Å². The van der Waals surface area contributed by atoms with E-state index < -0.39 is 0 Å². The number of hydrogen-bond acceptors (Lipinski definition) is 2. The van der Waals surface area contributed by atoms with E-state index in [4.69, 9.17) is 4.74 Å². The average molecular weight is 212 g/mol. The van der Waals surface area contributed by atoms with Gasteiger partial charge in [-0.25, -0.2) is 0 Å². The molecule has 0 amide bonds. The summed E-state index contributed by atoms with van der Waals surface area (Å²) in [6, 6.07) is 0. The highest BCUT2D eigenvalue weighted by atomic mass is 16.5. The van der Waals surface area contributed by atoms with Gasteiger partial charge in [0, 0.05) is 13.0 Å². The van der Waals surface area contributed by atoms with Crippen molar-refractivity contribution in [1.29, 1.82) is 0 Å².